The molecule has 1 heterocycles. The highest BCUT2D eigenvalue weighted by Gasteiger charge is 2.16. The molecule has 1 aromatic heterocycles. The minimum atomic E-state index is -0.772. The maximum atomic E-state index is 13.0. The van der Waals surface area contributed by atoms with Gasteiger partial charge in [-0.05, 0) is 6.92 Å². The van der Waals surface area contributed by atoms with Gasteiger partial charge in [0.2, 0.25) is 0 Å². The molecule has 1 aromatic rings. The molecule has 13 heavy (non-hydrogen) atoms. The average Bonchev–Trinajstić information content (AvgIpc) is 2.04. The van der Waals surface area contributed by atoms with E-state index < -0.39 is 11.8 Å². The van der Waals surface area contributed by atoms with E-state index in [2.05, 4.69) is 9.72 Å². The van der Waals surface area contributed by atoms with Crippen LogP contribution in [0.3, 0.4) is 0 Å². The summed E-state index contributed by atoms with van der Waals surface area (Å²) in [5.41, 5.74) is -0.265. The van der Waals surface area contributed by atoms with Crippen LogP contribution >= 0.6 is 11.6 Å². The van der Waals surface area contributed by atoms with Crippen molar-refractivity contribution in [2.45, 2.75) is 6.92 Å². The third-order valence-electron chi connectivity index (χ3n) is 1.33. The van der Waals surface area contributed by atoms with Crippen molar-refractivity contribution in [1.29, 1.82) is 0 Å². The van der Waals surface area contributed by atoms with Crippen molar-refractivity contribution in [3.05, 3.63) is 28.8 Å². The van der Waals surface area contributed by atoms with Crippen molar-refractivity contribution in [3.63, 3.8) is 0 Å². The number of nitrogens with zero attached hydrogens (tertiary/aromatic N) is 1. The molecular weight excluding hydrogens is 197 g/mol. The summed E-state index contributed by atoms with van der Waals surface area (Å²) in [6.07, 6.45) is 2.11. The molecule has 0 aliphatic carbocycles. The van der Waals surface area contributed by atoms with Crippen LogP contribution in [0.25, 0.3) is 0 Å². The number of halogens is 2. The van der Waals surface area contributed by atoms with Crippen LogP contribution in [-0.4, -0.2) is 17.6 Å². The maximum absolute atomic E-state index is 13.0. The molecule has 0 fully saturated rings. The second kappa shape index (κ2) is 4.18. The maximum Gasteiger partial charge on any atom is 0.342 e. The van der Waals surface area contributed by atoms with Gasteiger partial charge in [-0.15, -0.1) is 0 Å². The Kier molecular flexibility index (Phi) is 3.19. The van der Waals surface area contributed by atoms with Gasteiger partial charge in [-0.3, -0.25) is 4.98 Å². The summed E-state index contributed by atoms with van der Waals surface area (Å²) < 4.78 is 17.6. The molecule has 1 rings (SSSR count). The molecule has 0 radical (unpaired) electrons. The Morgan fingerprint density at radius 2 is 2.38 bits per heavy atom. The van der Waals surface area contributed by atoms with Crippen LogP contribution in [0.15, 0.2) is 12.4 Å². The standard InChI is InChI=1S/C8H7ClFNO2/c1-2-13-8(12)7-5(9)3-11-4-6(7)10/h3-4H,2H2,1H3. The number of aromatic nitrogens is 1. The summed E-state index contributed by atoms with van der Waals surface area (Å²) in [6, 6.07) is 0. The first kappa shape index (κ1) is 9.92. The van der Waals surface area contributed by atoms with E-state index in [1.807, 2.05) is 0 Å². The van der Waals surface area contributed by atoms with Crippen LogP contribution < -0.4 is 0 Å². The third kappa shape index (κ3) is 2.15. The van der Waals surface area contributed by atoms with Gasteiger partial charge >= 0.3 is 5.97 Å². The second-order valence-corrected chi connectivity index (χ2v) is 2.61. The fraction of sp³-hybridized carbons (Fsp3) is 0.250. The molecule has 0 spiro atoms. The lowest BCUT2D eigenvalue weighted by Crippen LogP contribution is -2.08. The first-order valence-electron chi connectivity index (χ1n) is 3.63. The minimum absolute atomic E-state index is 0.0431. The molecule has 0 saturated heterocycles. The van der Waals surface area contributed by atoms with Gasteiger partial charge in [0.05, 0.1) is 17.8 Å². The van der Waals surface area contributed by atoms with Gasteiger partial charge in [-0.25, -0.2) is 9.18 Å². The van der Waals surface area contributed by atoms with Crippen molar-refractivity contribution >= 4 is 17.6 Å². The van der Waals surface area contributed by atoms with Gasteiger partial charge < -0.3 is 4.74 Å². The predicted octanol–water partition coefficient (Wildman–Crippen LogP) is 2.05. The molecular formula is C8H7ClFNO2. The molecule has 0 N–H and O–H groups in total. The van der Waals surface area contributed by atoms with Gasteiger partial charge in [-0.2, -0.15) is 0 Å². The first-order chi connectivity index (χ1) is 6.16. The smallest absolute Gasteiger partial charge is 0.342 e. The van der Waals surface area contributed by atoms with Gasteiger partial charge in [-0.1, -0.05) is 11.6 Å². The number of esters is 1. The Hall–Kier alpha value is -1.16. The Balaban J connectivity index is 3.05. The van der Waals surface area contributed by atoms with Crippen LogP contribution in [0.1, 0.15) is 17.3 Å². The lowest BCUT2D eigenvalue weighted by Gasteiger charge is -2.03. The molecule has 0 amide bonds. The molecule has 0 saturated carbocycles. The van der Waals surface area contributed by atoms with Crippen LogP contribution in [0.4, 0.5) is 4.39 Å². The number of ether oxygens (including phenoxy) is 1. The van der Waals surface area contributed by atoms with Crippen molar-refractivity contribution in [1.82, 2.24) is 4.98 Å². The summed E-state index contributed by atoms with van der Waals surface area (Å²) in [6.45, 7) is 1.81. The summed E-state index contributed by atoms with van der Waals surface area (Å²) in [4.78, 5) is 14.6. The highest BCUT2D eigenvalue weighted by Crippen LogP contribution is 2.18. The molecule has 0 bridgehead atoms. The number of carbonyl (C=O) groups is 1. The van der Waals surface area contributed by atoms with Gasteiger partial charge in [0.25, 0.3) is 0 Å². The van der Waals surface area contributed by atoms with Crippen molar-refractivity contribution in [3.8, 4) is 0 Å². The normalized spacial score (nSPS) is 9.77. The molecule has 70 valence electrons. The zero-order valence-electron chi connectivity index (χ0n) is 6.88. The Labute approximate surface area is 79.5 Å². The van der Waals surface area contributed by atoms with Gasteiger partial charge in [0.1, 0.15) is 5.56 Å². The van der Waals surface area contributed by atoms with Crippen molar-refractivity contribution < 1.29 is 13.9 Å². The quantitative estimate of drug-likeness (QED) is 0.691. The number of carbonyl (C=O) groups excluding carboxylic acids is 1. The Morgan fingerprint density at radius 3 is 2.92 bits per heavy atom. The molecule has 0 aromatic carbocycles. The van der Waals surface area contributed by atoms with Crippen LogP contribution in [0.5, 0.6) is 0 Å². The van der Waals surface area contributed by atoms with E-state index in [4.69, 9.17) is 11.6 Å². The van der Waals surface area contributed by atoms with E-state index in [9.17, 15) is 9.18 Å². The molecule has 3 nitrogen and oxygen atoms in total. The summed E-state index contributed by atoms with van der Waals surface area (Å²) in [7, 11) is 0. The summed E-state index contributed by atoms with van der Waals surface area (Å²) >= 11 is 5.56. The van der Waals surface area contributed by atoms with Crippen LogP contribution in [-0.2, 0) is 4.74 Å². The van der Waals surface area contributed by atoms with E-state index in [0.717, 1.165) is 6.20 Å². The summed E-state index contributed by atoms with van der Waals surface area (Å²) in [5, 5.41) is -0.0431. The SMILES string of the molecule is CCOC(=O)c1c(F)cncc1Cl. The second-order valence-electron chi connectivity index (χ2n) is 2.20. The number of hydrogen-bond donors (Lipinski definition) is 0. The number of pyridine rings is 1. The minimum Gasteiger partial charge on any atom is -0.462 e. The summed E-state index contributed by atoms with van der Waals surface area (Å²) in [5.74, 6) is -1.54. The number of hydrogen-bond acceptors (Lipinski definition) is 3. The fourth-order valence-electron chi connectivity index (χ4n) is 0.810. The zero-order chi connectivity index (χ0) is 9.84. The fourth-order valence-corrected chi connectivity index (χ4v) is 1.03. The monoisotopic (exact) mass is 203 g/mol. The Morgan fingerprint density at radius 1 is 1.69 bits per heavy atom. The topological polar surface area (TPSA) is 39.2 Å². The predicted molar refractivity (Wildman–Crippen MR) is 45.2 cm³/mol. The van der Waals surface area contributed by atoms with Crippen LogP contribution in [0, 0.1) is 5.82 Å². The first-order valence-corrected chi connectivity index (χ1v) is 4.00. The molecule has 5 heteroatoms. The van der Waals surface area contributed by atoms with Crippen molar-refractivity contribution in [2.24, 2.45) is 0 Å². The van der Waals surface area contributed by atoms with E-state index in [-0.39, 0.29) is 17.2 Å². The highest BCUT2D eigenvalue weighted by atomic mass is 35.5. The van der Waals surface area contributed by atoms with Gasteiger partial charge in [0, 0.05) is 6.20 Å². The third-order valence-corrected chi connectivity index (χ3v) is 1.62. The lowest BCUT2D eigenvalue weighted by atomic mass is 10.2. The molecule has 0 atom stereocenters. The van der Waals surface area contributed by atoms with E-state index >= 15 is 0 Å². The van der Waals surface area contributed by atoms with Crippen LogP contribution in [0.2, 0.25) is 5.02 Å². The Bertz CT molecular complexity index is 310. The van der Waals surface area contributed by atoms with E-state index in [1.165, 1.54) is 6.20 Å². The largest absolute Gasteiger partial charge is 0.462 e. The number of rotatable bonds is 2. The lowest BCUT2D eigenvalue weighted by molar-refractivity contribution is 0.0521. The van der Waals surface area contributed by atoms with E-state index in [1.54, 1.807) is 6.92 Å². The van der Waals surface area contributed by atoms with Crippen molar-refractivity contribution in [2.75, 3.05) is 6.61 Å². The molecule has 0 unspecified atom stereocenters. The molecule has 0 aliphatic rings. The molecule has 0 aliphatic heterocycles. The average molecular weight is 204 g/mol. The van der Waals surface area contributed by atoms with Gasteiger partial charge in [0.15, 0.2) is 5.82 Å². The highest BCUT2D eigenvalue weighted by molar-refractivity contribution is 6.33. The van der Waals surface area contributed by atoms with E-state index in [0.29, 0.717) is 0 Å². The zero-order valence-corrected chi connectivity index (χ0v) is 7.64.